The minimum atomic E-state index is -4.35. The summed E-state index contributed by atoms with van der Waals surface area (Å²) < 4.78 is 39.8. The van der Waals surface area contributed by atoms with Crippen molar-refractivity contribution >= 4 is 5.91 Å². The van der Waals surface area contributed by atoms with Crippen LogP contribution in [0.3, 0.4) is 0 Å². The van der Waals surface area contributed by atoms with Crippen molar-refractivity contribution < 1.29 is 22.7 Å². The Labute approximate surface area is 110 Å². The molecule has 1 saturated carbocycles. The molecular formula is C12H21F3N2O2. The van der Waals surface area contributed by atoms with Gasteiger partial charge < -0.3 is 15.8 Å². The number of carbonyl (C=O) groups excluding carboxylic acids is 1. The molecule has 0 heterocycles. The van der Waals surface area contributed by atoms with Crippen LogP contribution in [0.4, 0.5) is 13.2 Å². The summed E-state index contributed by atoms with van der Waals surface area (Å²) in [7, 11) is 0. The fourth-order valence-corrected chi connectivity index (χ4v) is 2.15. The number of hydrogen-bond acceptors (Lipinski definition) is 3. The van der Waals surface area contributed by atoms with Crippen LogP contribution in [0.5, 0.6) is 0 Å². The van der Waals surface area contributed by atoms with Crippen LogP contribution >= 0.6 is 0 Å². The topological polar surface area (TPSA) is 64.3 Å². The van der Waals surface area contributed by atoms with Gasteiger partial charge in [0.25, 0.3) is 0 Å². The summed E-state index contributed by atoms with van der Waals surface area (Å²) >= 11 is 0. The number of hydrogen-bond donors (Lipinski definition) is 2. The third-order valence-electron chi connectivity index (χ3n) is 3.15. The van der Waals surface area contributed by atoms with Crippen LogP contribution in [0, 0.1) is 0 Å². The molecule has 2 atom stereocenters. The average molecular weight is 282 g/mol. The molecule has 4 nitrogen and oxygen atoms in total. The summed E-state index contributed by atoms with van der Waals surface area (Å²) in [5.41, 5.74) is 5.94. The summed E-state index contributed by atoms with van der Waals surface area (Å²) in [6.07, 6.45) is 0.464. The van der Waals surface area contributed by atoms with E-state index >= 15 is 0 Å². The van der Waals surface area contributed by atoms with Gasteiger partial charge in [0.2, 0.25) is 5.91 Å². The van der Waals surface area contributed by atoms with Gasteiger partial charge in [0.15, 0.2) is 0 Å². The lowest BCUT2D eigenvalue weighted by Gasteiger charge is -2.22. The van der Waals surface area contributed by atoms with E-state index < -0.39 is 12.8 Å². The smallest absolute Gasteiger partial charge is 0.372 e. The Bertz CT molecular complexity index is 285. The molecule has 3 N–H and O–H groups in total. The zero-order chi connectivity index (χ0) is 14.3. The quantitative estimate of drug-likeness (QED) is 0.596. The maximum absolute atomic E-state index is 11.8. The molecule has 112 valence electrons. The van der Waals surface area contributed by atoms with Crippen molar-refractivity contribution in [3.8, 4) is 0 Å². The van der Waals surface area contributed by atoms with Crippen molar-refractivity contribution in [1.82, 2.24) is 5.32 Å². The number of nitrogens with two attached hydrogens (primary N) is 1. The van der Waals surface area contributed by atoms with Crippen molar-refractivity contribution in [3.63, 3.8) is 0 Å². The van der Waals surface area contributed by atoms with Gasteiger partial charge in [0.1, 0.15) is 6.61 Å². The molecule has 1 aliphatic carbocycles. The highest BCUT2D eigenvalue weighted by Crippen LogP contribution is 2.17. The van der Waals surface area contributed by atoms with Crippen molar-refractivity contribution in [2.24, 2.45) is 5.73 Å². The molecule has 1 fully saturated rings. The molecule has 19 heavy (non-hydrogen) atoms. The van der Waals surface area contributed by atoms with Crippen LogP contribution in [0.15, 0.2) is 0 Å². The van der Waals surface area contributed by atoms with Crippen molar-refractivity contribution in [3.05, 3.63) is 0 Å². The van der Waals surface area contributed by atoms with Crippen LogP contribution in [-0.2, 0) is 9.53 Å². The van der Waals surface area contributed by atoms with Gasteiger partial charge in [-0.3, -0.25) is 4.79 Å². The lowest BCUT2D eigenvalue weighted by Crippen LogP contribution is -2.47. The molecule has 0 saturated heterocycles. The van der Waals surface area contributed by atoms with E-state index in [1.54, 1.807) is 0 Å². The lowest BCUT2D eigenvalue weighted by molar-refractivity contribution is -0.174. The number of rotatable bonds is 5. The maximum Gasteiger partial charge on any atom is 0.411 e. The van der Waals surface area contributed by atoms with Gasteiger partial charge in [-0.05, 0) is 12.8 Å². The van der Waals surface area contributed by atoms with Gasteiger partial charge in [-0.1, -0.05) is 19.3 Å². The number of nitrogens with one attached hydrogen (secondary N) is 1. The first-order chi connectivity index (χ1) is 8.88. The van der Waals surface area contributed by atoms with Gasteiger partial charge in [0.05, 0.1) is 6.61 Å². The number of carbonyl (C=O) groups is 1. The van der Waals surface area contributed by atoms with E-state index in [0.717, 1.165) is 32.1 Å². The van der Waals surface area contributed by atoms with Crippen LogP contribution in [0.25, 0.3) is 0 Å². The molecule has 2 unspecified atom stereocenters. The molecule has 1 amide bonds. The molecule has 0 aliphatic heterocycles. The maximum atomic E-state index is 11.8. The van der Waals surface area contributed by atoms with Crippen LogP contribution in [0.1, 0.15) is 38.5 Å². The summed E-state index contributed by atoms with van der Waals surface area (Å²) in [4.78, 5) is 11.6. The number of ether oxygens (including phenoxy) is 1. The van der Waals surface area contributed by atoms with Crippen LogP contribution in [0.2, 0.25) is 0 Å². The molecule has 7 heteroatoms. The van der Waals surface area contributed by atoms with E-state index in [4.69, 9.17) is 5.73 Å². The third kappa shape index (κ3) is 7.37. The standard InChI is InChI=1S/C12H21F3N2O2/c13-12(14,15)8-19-7-6-11(18)17-10-5-3-1-2-4-9(10)16/h9-10H,1-8,16H2,(H,17,18). The molecule has 0 aromatic heterocycles. The summed E-state index contributed by atoms with van der Waals surface area (Å²) in [5, 5.41) is 2.78. The number of alkyl halides is 3. The largest absolute Gasteiger partial charge is 0.411 e. The lowest BCUT2D eigenvalue weighted by atomic mass is 10.0. The molecule has 0 aromatic rings. The second-order valence-corrected chi connectivity index (χ2v) is 4.89. The predicted octanol–water partition coefficient (Wildman–Crippen LogP) is 1.73. The highest BCUT2D eigenvalue weighted by Gasteiger charge is 2.27. The SMILES string of the molecule is NC1CCCCCC1NC(=O)CCOCC(F)(F)F. The van der Waals surface area contributed by atoms with Crippen LogP contribution < -0.4 is 11.1 Å². The average Bonchev–Trinajstić information content (AvgIpc) is 2.49. The first-order valence-electron chi connectivity index (χ1n) is 6.58. The van der Waals surface area contributed by atoms with Crippen LogP contribution in [-0.4, -0.2) is 37.4 Å². The zero-order valence-electron chi connectivity index (χ0n) is 10.8. The second kappa shape index (κ2) is 7.69. The Morgan fingerprint density at radius 1 is 1.26 bits per heavy atom. The highest BCUT2D eigenvalue weighted by molar-refractivity contribution is 5.76. The van der Waals surface area contributed by atoms with E-state index in [1.807, 2.05) is 0 Å². The Morgan fingerprint density at radius 3 is 2.63 bits per heavy atom. The fraction of sp³-hybridized carbons (Fsp3) is 0.917. The first kappa shape index (κ1) is 16.2. The minimum absolute atomic E-state index is 0.0671. The van der Waals surface area contributed by atoms with Gasteiger partial charge in [-0.2, -0.15) is 13.2 Å². The Hall–Kier alpha value is -0.820. The first-order valence-corrected chi connectivity index (χ1v) is 6.58. The summed E-state index contributed by atoms with van der Waals surface area (Å²) in [6, 6.07) is -0.139. The van der Waals surface area contributed by atoms with E-state index in [1.165, 1.54) is 0 Å². The van der Waals surface area contributed by atoms with Crippen molar-refractivity contribution in [2.45, 2.75) is 56.8 Å². The van der Waals surface area contributed by atoms with Gasteiger partial charge >= 0.3 is 6.18 Å². The van der Waals surface area contributed by atoms with Gasteiger partial charge in [-0.15, -0.1) is 0 Å². The Morgan fingerprint density at radius 2 is 1.95 bits per heavy atom. The van der Waals surface area contributed by atoms with E-state index in [-0.39, 0.29) is 31.0 Å². The third-order valence-corrected chi connectivity index (χ3v) is 3.15. The number of amides is 1. The van der Waals surface area contributed by atoms with Gasteiger partial charge in [-0.25, -0.2) is 0 Å². The van der Waals surface area contributed by atoms with Crippen molar-refractivity contribution in [2.75, 3.05) is 13.2 Å². The molecule has 1 rings (SSSR count). The van der Waals surface area contributed by atoms with Crippen molar-refractivity contribution in [1.29, 1.82) is 0 Å². The zero-order valence-corrected chi connectivity index (χ0v) is 10.8. The molecule has 0 radical (unpaired) electrons. The van der Waals surface area contributed by atoms with E-state index in [9.17, 15) is 18.0 Å². The molecule has 0 spiro atoms. The van der Waals surface area contributed by atoms with Gasteiger partial charge in [0, 0.05) is 18.5 Å². The number of halogens is 3. The highest BCUT2D eigenvalue weighted by atomic mass is 19.4. The molecular weight excluding hydrogens is 261 g/mol. The van der Waals surface area contributed by atoms with E-state index in [2.05, 4.69) is 10.1 Å². The monoisotopic (exact) mass is 282 g/mol. The fourth-order valence-electron chi connectivity index (χ4n) is 2.15. The predicted molar refractivity (Wildman–Crippen MR) is 64.5 cm³/mol. The normalized spacial score (nSPS) is 24.8. The summed E-state index contributed by atoms with van der Waals surface area (Å²) in [6.45, 7) is -1.55. The van der Waals surface area contributed by atoms with E-state index in [0.29, 0.717) is 0 Å². The molecule has 0 aromatic carbocycles. The molecule has 1 aliphatic rings. The summed E-state index contributed by atoms with van der Waals surface area (Å²) in [5.74, 6) is -0.301. The minimum Gasteiger partial charge on any atom is -0.372 e. The second-order valence-electron chi connectivity index (χ2n) is 4.89. The molecule has 0 bridgehead atoms. The Balaban J connectivity index is 2.19. The Kier molecular flexibility index (Phi) is 6.57.